The largest absolute Gasteiger partial charge is 0.311 e. The van der Waals surface area contributed by atoms with Crippen LogP contribution in [0.2, 0.25) is 0 Å². The van der Waals surface area contributed by atoms with Gasteiger partial charge in [-0.2, -0.15) is 0 Å². The second kappa shape index (κ2) is 5.41. The minimum Gasteiger partial charge on any atom is -0.311 e. The number of hydrogen-bond donors (Lipinski definition) is 1. The lowest BCUT2D eigenvalue weighted by molar-refractivity contribution is 0.238. The Morgan fingerprint density at radius 3 is 2.44 bits per heavy atom. The van der Waals surface area contributed by atoms with Crippen molar-refractivity contribution in [2.45, 2.75) is 38.6 Å². The molecule has 1 aromatic rings. The SMILES string of the molecule is CN1CCNC(Cc2ccc(C(C)(C)C)cc2)C1. The van der Waals surface area contributed by atoms with E-state index in [1.165, 1.54) is 17.7 Å². The first kappa shape index (κ1) is 13.6. The molecule has 18 heavy (non-hydrogen) atoms. The highest BCUT2D eigenvalue weighted by Gasteiger charge is 2.17. The van der Waals surface area contributed by atoms with E-state index in [0.29, 0.717) is 6.04 Å². The summed E-state index contributed by atoms with van der Waals surface area (Å²) in [5.41, 5.74) is 3.11. The van der Waals surface area contributed by atoms with Crippen LogP contribution in [0.25, 0.3) is 0 Å². The molecule has 0 spiro atoms. The lowest BCUT2D eigenvalue weighted by Gasteiger charge is -2.31. The van der Waals surface area contributed by atoms with E-state index >= 15 is 0 Å². The van der Waals surface area contributed by atoms with Crippen LogP contribution >= 0.6 is 0 Å². The molecule has 2 heteroatoms. The number of nitrogens with zero attached hydrogens (tertiary/aromatic N) is 1. The molecule has 1 aliphatic rings. The lowest BCUT2D eigenvalue weighted by atomic mass is 9.86. The van der Waals surface area contributed by atoms with Gasteiger partial charge in [-0.1, -0.05) is 45.0 Å². The van der Waals surface area contributed by atoms with Crippen LogP contribution in [0.15, 0.2) is 24.3 Å². The Morgan fingerprint density at radius 1 is 1.22 bits per heavy atom. The molecular formula is C16H26N2. The van der Waals surface area contributed by atoms with Gasteiger partial charge >= 0.3 is 0 Å². The summed E-state index contributed by atoms with van der Waals surface area (Å²) in [4.78, 5) is 2.41. The molecule has 1 atom stereocenters. The van der Waals surface area contributed by atoms with Gasteiger partial charge < -0.3 is 10.2 Å². The molecule has 0 saturated carbocycles. The zero-order chi connectivity index (χ0) is 13.2. The molecule has 1 fully saturated rings. The number of likely N-dealkylation sites (N-methyl/N-ethyl adjacent to an activating group) is 1. The zero-order valence-electron chi connectivity index (χ0n) is 12.2. The first-order valence-corrected chi connectivity index (χ1v) is 6.96. The molecule has 1 unspecified atom stereocenters. The number of nitrogens with one attached hydrogen (secondary N) is 1. The van der Waals surface area contributed by atoms with Crippen LogP contribution in [0.1, 0.15) is 31.9 Å². The van der Waals surface area contributed by atoms with Crippen LogP contribution in [0.4, 0.5) is 0 Å². The lowest BCUT2D eigenvalue weighted by Crippen LogP contribution is -2.49. The zero-order valence-corrected chi connectivity index (χ0v) is 12.2. The number of piperazine rings is 1. The fourth-order valence-electron chi connectivity index (χ4n) is 2.55. The third-order valence-corrected chi connectivity index (χ3v) is 3.76. The van der Waals surface area contributed by atoms with E-state index < -0.39 is 0 Å². The van der Waals surface area contributed by atoms with Crippen molar-refractivity contribution in [3.05, 3.63) is 35.4 Å². The van der Waals surface area contributed by atoms with Crippen molar-refractivity contribution in [3.63, 3.8) is 0 Å². The van der Waals surface area contributed by atoms with Gasteiger partial charge in [0.15, 0.2) is 0 Å². The van der Waals surface area contributed by atoms with Gasteiger partial charge in [-0.25, -0.2) is 0 Å². The monoisotopic (exact) mass is 246 g/mol. The van der Waals surface area contributed by atoms with E-state index in [2.05, 4.69) is 62.3 Å². The molecule has 1 aromatic carbocycles. The maximum Gasteiger partial charge on any atom is 0.0235 e. The van der Waals surface area contributed by atoms with Crippen molar-refractivity contribution in [1.82, 2.24) is 10.2 Å². The van der Waals surface area contributed by atoms with Crippen LogP contribution in [0.5, 0.6) is 0 Å². The Bertz CT molecular complexity index is 375. The van der Waals surface area contributed by atoms with Gasteiger partial charge in [0, 0.05) is 25.7 Å². The van der Waals surface area contributed by atoms with Gasteiger partial charge in [0.05, 0.1) is 0 Å². The van der Waals surface area contributed by atoms with Gasteiger partial charge in [-0.05, 0) is 30.0 Å². The first-order valence-electron chi connectivity index (χ1n) is 6.96. The average Bonchev–Trinajstić information content (AvgIpc) is 2.28. The fourth-order valence-corrected chi connectivity index (χ4v) is 2.55. The molecule has 1 aliphatic heterocycles. The minimum atomic E-state index is 0.252. The molecule has 0 aromatic heterocycles. The summed E-state index contributed by atoms with van der Waals surface area (Å²) in [5.74, 6) is 0. The van der Waals surface area contributed by atoms with Crippen molar-refractivity contribution in [3.8, 4) is 0 Å². The van der Waals surface area contributed by atoms with E-state index in [0.717, 1.165) is 19.5 Å². The van der Waals surface area contributed by atoms with Crippen LogP contribution in [-0.4, -0.2) is 37.6 Å². The molecule has 2 nitrogen and oxygen atoms in total. The number of benzene rings is 1. The highest BCUT2D eigenvalue weighted by atomic mass is 15.2. The number of hydrogen-bond acceptors (Lipinski definition) is 2. The van der Waals surface area contributed by atoms with Crippen molar-refractivity contribution in [2.75, 3.05) is 26.7 Å². The molecule has 0 radical (unpaired) electrons. The molecule has 0 bridgehead atoms. The average molecular weight is 246 g/mol. The molecule has 2 rings (SSSR count). The smallest absolute Gasteiger partial charge is 0.0235 e. The topological polar surface area (TPSA) is 15.3 Å². The van der Waals surface area contributed by atoms with Crippen LogP contribution in [-0.2, 0) is 11.8 Å². The summed E-state index contributed by atoms with van der Waals surface area (Å²) in [6.07, 6.45) is 1.13. The quantitative estimate of drug-likeness (QED) is 0.862. The van der Waals surface area contributed by atoms with E-state index in [4.69, 9.17) is 0 Å². The first-order chi connectivity index (χ1) is 8.45. The van der Waals surface area contributed by atoms with Crippen LogP contribution < -0.4 is 5.32 Å². The third-order valence-electron chi connectivity index (χ3n) is 3.76. The Balaban J connectivity index is 1.98. The molecule has 0 amide bonds. The molecule has 1 heterocycles. The highest BCUT2D eigenvalue weighted by Crippen LogP contribution is 2.22. The number of rotatable bonds is 2. The maximum absolute atomic E-state index is 3.60. The van der Waals surface area contributed by atoms with Crippen molar-refractivity contribution in [2.24, 2.45) is 0 Å². The summed E-state index contributed by atoms with van der Waals surface area (Å²) in [5, 5.41) is 3.60. The van der Waals surface area contributed by atoms with Gasteiger partial charge in [0.25, 0.3) is 0 Å². The second-order valence-corrected chi connectivity index (χ2v) is 6.56. The van der Waals surface area contributed by atoms with Crippen molar-refractivity contribution < 1.29 is 0 Å². The van der Waals surface area contributed by atoms with E-state index in [9.17, 15) is 0 Å². The van der Waals surface area contributed by atoms with E-state index in [-0.39, 0.29) is 5.41 Å². The Morgan fingerprint density at radius 2 is 1.89 bits per heavy atom. The highest BCUT2D eigenvalue weighted by molar-refractivity contribution is 5.28. The summed E-state index contributed by atoms with van der Waals surface area (Å²) in [6, 6.07) is 9.74. The van der Waals surface area contributed by atoms with Gasteiger partial charge in [-0.15, -0.1) is 0 Å². The summed E-state index contributed by atoms with van der Waals surface area (Å²) >= 11 is 0. The predicted octanol–water partition coefficient (Wildman–Crippen LogP) is 2.43. The molecule has 1 N–H and O–H groups in total. The maximum atomic E-state index is 3.60. The Labute approximate surface area is 111 Å². The normalized spacial score (nSPS) is 22.1. The third kappa shape index (κ3) is 3.56. The van der Waals surface area contributed by atoms with Gasteiger partial charge in [-0.3, -0.25) is 0 Å². The summed E-state index contributed by atoms with van der Waals surface area (Å²) < 4.78 is 0. The summed E-state index contributed by atoms with van der Waals surface area (Å²) in [6.45, 7) is 10.2. The Kier molecular flexibility index (Phi) is 4.08. The van der Waals surface area contributed by atoms with Crippen LogP contribution in [0, 0.1) is 0 Å². The molecule has 0 aliphatic carbocycles. The molecule has 1 saturated heterocycles. The van der Waals surface area contributed by atoms with Crippen molar-refractivity contribution in [1.29, 1.82) is 0 Å². The van der Waals surface area contributed by atoms with Gasteiger partial charge in [0.2, 0.25) is 0 Å². The van der Waals surface area contributed by atoms with E-state index in [1.807, 2.05) is 0 Å². The molecule has 100 valence electrons. The van der Waals surface area contributed by atoms with Gasteiger partial charge in [0.1, 0.15) is 0 Å². The predicted molar refractivity (Wildman–Crippen MR) is 78.1 cm³/mol. The Hall–Kier alpha value is -0.860. The fraction of sp³-hybridized carbons (Fsp3) is 0.625. The standard InChI is InChI=1S/C16H26N2/c1-16(2,3)14-7-5-13(6-8-14)11-15-12-18(4)10-9-17-15/h5-8,15,17H,9-12H2,1-4H3. The summed E-state index contributed by atoms with van der Waals surface area (Å²) in [7, 11) is 2.20. The molecular weight excluding hydrogens is 220 g/mol. The minimum absolute atomic E-state index is 0.252. The second-order valence-electron chi connectivity index (χ2n) is 6.56. The van der Waals surface area contributed by atoms with Crippen LogP contribution in [0.3, 0.4) is 0 Å². The van der Waals surface area contributed by atoms with E-state index in [1.54, 1.807) is 0 Å². The van der Waals surface area contributed by atoms with Crippen molar-refractivity contribution >= 4 is 0 Å².